The number of nitrogens with one attached hydrogen (secondary N) is 1. The van der Waals surface area contributed by atoms with E-state index < -0.39 is 0 Å². The average Bonchev–Trinajstić information content (AvgIpc) is 3.05. The first-order valence-corrected chi connectivity index (χ1v) is 13.7. The van der Waals surface area contributed by atoms with Crippen molar-refractivity contribution >= 4 is 29.4 Å². The molecule has 3 rings (SSSR count). The van der Waals surface area contributed by atoms with E-state index >= 15 is 0 Å². The molecule has 0 saturated heterocycles. The lowest BCUT2D eigenvalue weighted by Gasteiger charge is -2.18. The van der Waals surface area contributed by atoms with Crippen LogP contribution in [0.25, 0.3) is 17.7 Å². The van der Waals surface area contributed by atoms with Gasteiger partial charge in [-0.15, -0.1) is 0 Å². The molecular formula is C33H47NO2. The number of rotatable bonds is 9. The maximum absolute atomic E-state index is 10.9. The number of hydrogen-bond donors (Lipinski definition) is 1. The molecule has 3 nitrogen and oxygen atoms in total. The largest absolute Gasteiger partial charge is 0.355 e. The number of allylic oxidation sites excluding steroid dienone is 1. The zero-order valence-corrected chi connectivity index (χ0v) is 23.6. The van der Waals surface area contributed by atoms with Gasteiger partial charge in [0.15, 0.2) is 0 Å². The van der Waals surface area contributed by atoms with Gasteiger partial charge in [0.25, 0.3) is 0 Å². The summed E-state index contributed by atoms with van der Waals surface area (Å²) in [6.07, 6.45) is 11.1. The second-order valence-electron chi connectivity index (χ2n) is 9.24. The Kier molecular flexibility index (Phi) is 15.1. The lowest BCUT2D eigenvalue weighted by atomic mass is 9.86. The third-order valence-corrected chi connectivity index (χ3v) is 5.94. The minimum Gasteiger partial charge on any atom is -0.355 e. The molecule has 0 atom stereocenters. The Morgan fingerprint density at radius 3 is 1.75 bits per heavy atom. The summed E-state index contributed by atoms with van der Waals surface area (Å²) in [6, 6.07) is 17.7. The first-order valence-electron chi connectivity index (χ1n) is 13.7. The molecule has 0 unspecified atom stereocenters. The van der Waals surface area contributed by atoms with Crippen LogP contribution < -0.4 is 5.32 Å². The van der Waals surface area contributed by atoms with Gasteiger partial charge in [-0.25, -0.2) is 0 Å². The molecular weight excluding hydrogens is 442 g/mol. The second kappa shape index (κ2) is 17.5. The Balaban J connectivity index is 0.000000423. The van der Waals surface area contributed by atoms with E-state index in [9.17, 15) is 9.59 Å². The van der Waals surface area contributed by atoms with Gasteiger partial charge in [-0.05, 0) is 54.0 Å². The van der Waals surface area contributed by atoms with E-state index in [0.717, 1.165) is 0 Å². The van der Waals surface area contributed by atoms with Crippen LogP contribution in [0, 0.1) is 5.92 Å². The van der Waals surface area contributed by atoms with Gasteiger partial charge >= 0.3 is 0 Å². The SMILES string of the molecule is CC.CC(=O)CCNC(=O)C(C)C.CCCCC(CCC)=C1c2ccccc2C=Cc2ccccc21. The van der Waals surface area contributed by atoms with Gasteiger partial charge in [0.1, 0.15) is 5.78 Å². The number of ketones is 1. The van der Waals surface area contributed by atoms with E-state index in [1.807, 2.05) is 27.7 Å². The maximum atomic E-state index is 10.9. The molecule has 1 amide bonds. The van der Waals surface area contributed by atoms with Crippen molar-refractivity contribution < 1.29 is 9.59 Å². The smallest absolute Gasteiger partial charge is 0.222 e. The van der Waals surface area contributed by atoms with Crippen molar-refractivity contribution in [2.75, 3.05) is 6.54 Å². The highest BCUT2D eigenvalue weighted by Gasteiger charge is 2.18. The lowest BCUT2D eigenvalue weighted by Crippen LogP contribution is -2.29. The molecule has 3 heteroatoms. The zero-order chi connectivity index (χ0) is 26.9. The van der Waals surface area contributed by atoms with Crippen molar-refractivity contribution in [3.05, 3.63) is 76.4 Å². The van der Waals surface area contributed by atoms with Gasteiger partial charge in [0.2, 0.25) is 5.91 Å². The monoisotopic (exact) mass is 489 g/mol. The number of carbonyl (C=O) groups is 2. The van der Waals surface area contributed by atoms with Crippen LogP contribution >= 0.6 is 0 Å². The van der Waals surface area contributed by atoms with Crippen molar-refractivity contribution in [2.45, 2.75) is 87.0 Å². The van der Waals surface area contributed by atoms with Crippen LogP contribution in [0.4, 0.5) is 0 Å². The third kappa shape index (κ3) is 9.97. The number of unbranched alkanes of at least 4 members (excludes halogenated alkanes) is 1. The Bertz CT molecular complexity index is 962. The van der Waals surface area contributed by atoms with Crippen LogP contribution in [0.3, 0.4) is 0 Å². The standard InChI is InChI=1S/C23H26.C8H15NO2.C2H6/c1-3-5-11-20(10-4-2)23-21-14-8-6-12-18(21)16-17-19-13-7-9-15-22(19)23;1-6(2)8(11)9-5-4-7(3)10;1-2/h6-9,12-17H,3-5,10-11H2,1-2H3;6H,4-5H2,1-3H3,(H,9,11);1-2H3. The highest BCUT2D eigenvalue weighted by Crippen LogP contribution is 2.38. The summed E-state index contributed by atoms with van der Waals surface area (Å²) in [5.41, 5.74) is 8.57. The van der Waals surface area contributed by atoms with Crippen molar-refractivity contribution in [2.24, 2.45) is 5.92 Å². The van der Waals surface area contributed by atoms with Gasteiger partial charge in [-0.2, -0.15) is 0 Å². The molecule has 0 spiro atoms. The first kappa shape index (κ1) is 31.1. The van der Waals surface area contributed by atoms with Crippen LogP contribution in [0.1, 0.15) is 109 Å². The molecule has 1 N–H and O–H groups in total. The number of Topliss-reactive ketones (excluding diaryl/α,β-unsaturated/α-hetero) is 1. The Morgan fingerprint density at radius 1 is 0.778 bits per heavy atom. The van der Waals surface area contributed by atoms with Gasteiger partial charge in [-0.1, -0.05) is 121 Å². The molecule has 2 aromatic carbocycles. The molecule has 2 aromatic rings. The Labute approximate surface area is 220 Å². The normalized spacial score (nSPS) is 11.2. The van der Waals surface area contributed by atoms with E-state index in [4.69, 9.17) is 0 Å². The summed E-state index contributed by atoms with van der Waals surface area (Å²) in [5, 5.41) is 2.65. The second-order valence-corrected chi connectivity index (χ2v) is 9.24. The number of carbonyl (C=O) groups excluding carboxylic acids is 2. The summed E-state index contributed by atoms with van der Waals surface area (Å²) in [6.45, 7) is 14.2. The van der Waals surface area contributed by atoms with E-state index in [1.54, 1.807) is 5.57 Å². The van der Waals surface area contributed by atoms with Crippen LogP contribution in [0.5, 0.6) is 0 Å². The fourth-order valence-electron chi connectivity index (χ4n) is 4.08. The van der Waals surface area contributed by atoms with Crippen molar-refractivity contribution in [1.82, 2.24) is 5.32 Å². The van der Waals surface area contributed by atoms with E-state index in [0.29, 0.717) is 13.0 Å². The van der Waals surface area contributed by atoms with Crippen molar-refractivity contribution in [3.63, 3.8) is 0 Å². The molecule has 0 heterocycles. The van der Waals surface area contributed by atoms with Crippen LogP contribution in [-0.4, -0.2) is 18.2 Å². The van der Waals surface area contributed by atoms with Crippen molar-refractivity contribution in [3.8, 4) is 0 Å². The minimum absolute atomic E-state index is 0.00181. The molecule has 0 fully saturated rings. The number of amides is 1. The summed E-state index contributed by atoms with van der Waals surface area (Å²) in [7, 11) is 0. The Morgan fingerprint density at radius 2 is 1.31 bits per heavy atom. The predicted molar refractivity (Wildman–Crippen MR) is 157 cm³/mol. The van der Waals surface area contributed by atoms with Crippen LogP contribution in [0.15, 0.2) is 54.1 Å². The molecule has 36 heavy (non-hydrogen) atoms. The van der Waals surface area contributed by atoms with E-state index in [1.165, 1.54) is 66.9 Å². The molecule has 0 saturated carbocycles. The summed E-state index contributed by atoms with van der Waals surface area (Å²) in [5.74, 6) is 0.113. The molecule has 0 aliphatic heterocycles. The summed E-state index contributed by atoms with van der Waals surface area (Å²) >= 11 is 0. The predicted octanol–water partition coefficient (Wildman–Crippen LogP) is 8.73. The van der Waals surface area contributed by atoms with Gasteiger partial charge < -0.3 is 5.32 Å². The van der Waals surface area contributed by atoms with Crippen molar-refractivity contribution in [1.29, 1.82) is 0 Å². The zero-order valence-electron chi connectivity index (χ0n) is 23.6. The maximum Gasteiger partial charge on any atom is 0.222 e. The van der Waals surface area contributed by atoms with Gasteiger partial charge in [0, 0.05) is 18.9 Å². The fourth-order valence-corrected chi connectivity index (χ4v) is 4.08. The van der Waals surface area contributed by atoms with Crippen LogP contribution in [-0.2, 0) is 9.59 Å². The van der Waals surface area contributed by atoms with Gasteiger partial charge in [0.05, 0.1) is 0 Å². The molecule has 1 aliphatic rings. The van der Waals surface area contributed by atoms with E-state index in [2.05, 4.69) is 79.8 Å². The summed E-state index contributed by atoms with van der Waals surface area (Å²) in [4.78, 5) is 21.3. The highest BCUT2D eigenvalue weighted by atomic mass is 16.2. The topological polar surface area (TPSA) is 46.2 Å². The Hall–Kier alpha value is -2.94. The number of hydrogen-bond acceptors (Lipinski definition) is 2. The average molecular weight is 490 g/mol. The van der Waals surface area contributed by atoms with Crippen LogP contribution in [0.2, 0.25) is 0 Å². The molecule has 196 valence electrons. The number of fused-ring (bicyclic) bond motifs is 2. The fraction of sp³-hybridized carbons (Fsp3) is 0.455. The first-order chi connectivity index (χ1) is 17.4. The summed E-state index contributed by atoms with van der Waals surface area (Å²) < 4.78 is 0. The number of benzene rings is 2. The molecule has 0 bridgehead atoms. The molecule has 1 aliphatic carbocycles. The van der Waals surface area contributed by atoms with E-state index in [-0.39, 0.29) is 17.6 Å². The lowest BCUT2D eigenvalue weighted by molar-refractivity contribution is -0.124. The highest BCUT2D eigenvalue weighted by molar-refractivity contribution is 5.94. The molecule has 0 radical (unpaired) electrons. The third-order valence-electron chi connectivity index (χ3n) is 5.94. The quantitative estimate of drug-likeness (QED) is 0.326. The van der Waals surface area contributed by atoms with Gasteiger partial charge in [-0.3, -0.25) is 9.59 Å². The molecule has 0 aromatic heterocycles. The minimum atomic E-state index is 0.00181.